The molecule has 2 heterocycles. The number of hydrogen-bond donors (Lipinski definition) is 1. The van der Waals surface area contributed by atoms with E-state index in [1.54, 1.807) is 0 Å². The number of rotatable bonds is 6. The summed E-state index contributed by atoms with van der Waals surface area (Å²) >= 11 is 0. The van der Waals surface area contributed by atoms with E-state index in [9.17, 15) is 9.59 Å². The molecule has 2 amide bonds. The first-order chi connectivity index (χ1) is 12.5. The topological polar surface area (TPSA) is 55.9 Å². The molecule has 142 valence electrons. The van der Waals surface area contributed by atoms with Crippen molar-refractivity contribution in [2.75, 3.05) is 51.7 Å². The van der Waals surface area contributed by atoms with Crippen molar-refractivity contribution in [2.24, 2.45) is 5.92 Å². The van der Waals surface area contributed by atoms with Crippen LogP contribution in [0.4, 0.5) is 5.69 Å². The third kappa shape index (κ3) is 4.75. The minimum atomic E-state index is -0.197. The maximum atomic E-state index is 12.6. The van der Waals surface area contributed by atoms with Crippen molar-refractivity contribution in [3.63, 3.8) is 0 Å². The number of carbonyl (C=O) groups is 2. The van der Waals surface area contributed by atoms with Crippen molar-refractivity contribution >= 4 is 17.5 Å². The molecule has 0 spiro atoms. The van der Waals surface area contributed by atoms with Gasteiger partial charge in [0, 0.05) is 50.9 Å². The second-order valence-electron chi connectivity index (χ2n) is 7.65. The predicted octanol–water partition coefficient (Wildman–Crippen LogP) is 1.18. The molecule has 1 atom stereocenters. The molecule has 1 N–H and O–H groups in total. The summed E-state index contributed by atoms with van der Waals surface area (Å²) in [6.45, 7) is 3.99. The Morgan fingerprint density at radius 2 is 1.88 bits per heavy atom. The second kappa shape index (κ2) is 8.54. The Bertz CT molecular complexity index is 611. The summed E-state index contributed by atoms with van der Waals surface area (Å²) in [6, 6.07) is 10.6. The fraction of sp³-hybridized carbons (Fsp3) is 0.600. The highest BCUT2D eigenvalue weighted by Gasteiger charge is 2.35. The van der Waals surface area contributed by atoms with Crippen molar-refractivity contribution in [3.8, 4) is 0 Å². The fourth-order valence-electron chi connectivity index (χ4n) is 3.72. The van der Waals surface area contributed by atoms with Crippen LogP contribution in [0.15, 0.2) is 30.3 Å². The van der Waals surface area contributed by atoms with Gasteiger partial charge in [-0.05, 0) is 39.1 Å². The number of benzene rings is 1. The Balaban J connectivity index is 1.44. The van der Waals surface area contributed by atoms with Crippen LogP contribution in [0.2, 0.25) is 0 Å². The number of likely N-dealkylation sites (N-methyl/N-ethyl adjacent to an activating group) is 1. The van der Waals surface area contributed by atoms with Crippen LogP contribution in [-0.4, -0.2) is 74.5 Å². The Morgan fingerprint density at radius 3 is 2.54 bits per heavy atom. The summed E-state index contributed by atoms with van der Waals surface area (Å²) in [4.78, 5) is 30.9. The summed E-state index contributed by atoms with van der Waals surface area (Å²) in [5, 5.41) is 3.18. The lowest BCUT2D eigenvalue weighted by Gasteiger charge is -2.34. The van der Waals surface area contributed by atoms with Crippen LogP contribution in [0.25, 0.3) is 0 Å². The van der Waals surface area contributed by atoms with E-state index in [1.807, 2.05) is 25.1 Å². The molecule has 2 fully saturated rings. The highest BCUT2D eigenvalue weighted by atomic mass is 16.2. The minimum absolute atomic E-state index is 0.0452. The van der Waals surface area contributed by atoms with E-state index in [4.69, 9.17) is 0 Å². The molecule has 1 aromatic carbocycles. The Labute approximate surface area is 156 Å². The van der Waals surface area contributed by atoms with Crippen molar-refractivity contribution < 1.29 is 9.59 Å². The normalized spacial score (nSPS) is 21.5. The van der Waals surface area contributed by atoms with Crippen LogP contribution in [0, 0.1) is 5.92 Å². The highest BCUT2D eigenvalue weighted by Crippen LogP contribution is 2.21. The third-order valence-electron chi connectivity index (χ3n) is 5.37. The van der Waals surface area contributed by atoms with E-state index in [0.29, 0.717) is 19.5 Å². The molecule has 0 aliphatic carbocycles. The number of carbonyl (C=O) groups excluding carboxylic acids is 2. The van der Waals surface area contributed by atoms with Crippen molar-refractivity contribution in [1.82, 2.24) is 15.1 Å². The molecule has 2 saturated heterocycles. The van der Waals surface area contributed by atoms with Gasteiger partial charge in [-0.15, -0.1) is 0 Å². The average molecular weight is 358 g/mol. The summed E-state index contributed by atoms with van der Waals surface area (Å²) in [7, 11) is 3.99. The van der Waals surface area contributed by atoms with Crippen molar-refractivity contribution in [1.29, 1.82) is 0 Å². The monoisotopic (exact) mass is 358 g/mol. The zero-order valence-corrected chi connectivity index (χ0v) is 15.9. The van der Waals surface area contributed by atoms with Crippen LogP contribution in [0.1, 0.15) is 19.3 Å². The van der Waals surface area contributed by atoms with Gasteiger partial charge in [-0.3, -0.25) is 9.59 Å². The van der Waals surface area contributed by atoms with Crippen molar-refractivity contribution in [2.45, 2.75) is 25.3 Å². The molecule has 6 nitrogen and oxygen atoms in total. The summed E-state index contributed by atoms with van der Waals surface area (Å²) in [5.74, 6) is -0.0495. The van der Waals surface area contributed by atoms with E-state index in [0.717, 1.165) is 32.5 Å². The van der Waals surface area contributed by atoms with Gasteiger partial charge in [-0.2, -0.15) is 0 Å². The lowest BCUT2D eigenvalue weighted by molar-refractivity contribution is -0.129. The number of nitrogens with zero attached hydrogens (tertiary/aromatic N) is 3. The molecule has 26 heavy (non-hydrogen) atoms. The van der Waals surface area contributed by atoms with Crippen LogP contribution in [-0.2, 0) is 9.59 Å². The summed E-state index contributed by atoms with van der Waals surface area (Å²) in [6.07, 6.45) is 2.25. The molecular weight excluding hydrogens is 328 g/mol. The van der Waals surface area contributed by atoms with Crippen LogP contribution >= 0.6 is 0 Å². The maximum absolute atomic E-state index is 12.6. The molecule has 3 rings (SSSR count). The van der Waals surface area contributed by atoms with Crippen LogP contribution in [0.5, 0.6) is 0 Å². The maximum Gasteiger partial charge on any atom is 0.225 e. The Morgan fingerprint density at radius 1 is 1.19 bits per heavy atom. The number of nitrogens with one attached hydrogen (secondary N) is 1. The van der Waals surface area contributed by atoms with E-state index in [-0.39, 0.29) is 23.8 Å². The number of para-hydroxylation sites is 1. The third-order valence-corrected chi connectivity index (χ3v) is 5.37. The van der Waals surface area contributed by atoms with E-state index < -0.39 is 0 Å². The van der Waals surface area contributed by atoms with Gasteiger partial charge in [0.1, 0.15) is 0 Å². The van der Waals surface area contributed by atoms with Gasteiger partial charge < -0.3 is 20.0 Å². The van der Waals surface area contributed by atoms with Gasteiger partial charge in [0.15, 0.2) is 0 Å². The van der Waals surface area contributed by atoms with E-state index in [2.05, 4.69) is 39.4 Å². The molecule has 1 aromatic rings. The second-order valence-corrected chi connectivity index (χ2v) is 7.65. The lowest BCUT2D eigenvalue weighted by atomic mass is 10.0. The quantitative estimate of drug-likeness (QED) is 0.830. The van der Waals surface area contributed by atoms with Gasteiger partial charge in [-0.25, -0.2) is 0 Å². The zero-order valence-electron chi connectivity index (χ0n) is 15.9. The van der Waals surface area contributed by atoms with Crippen LogP contribution in [0.3, 0.4) is 0 Å². The minimum Gasteiger partial charge on any atom is -0.371 e. The molecule has 0 aromatic heterocycles. The molecule has 0 saturated carbocycles. The molecule has 6 heteroatoms. The largest absolute Gasteiger partial charge is 0.371 e. The zero-order chi connectivity index (χ0) is 18.5. The number of piperidine rings is 1. The van der Waals surface area contributed by atoms with Gasteiger partial charge >= 0.3 is 0 Å². The first-order valence-corrected chi connectivity index (χ1v) is 9.56. The molecule has 2 aliphatic heterocycles. The first kappa shape index (κ1) is 18.7. The fourth-order valence-corrected chi connectivity index (χ4v) is 3.72. The standard InChI is InChI=1S/C20H30N4O2/c1-22(2)12-13-24-15-16(14-19(24)25)20(26)21-17-8-10-23(11-9-17)18-6-4-3-5-7-18/h3-7,16-17H,8-15H2,1-2H3,(H,21,26)/t16-/m1/s1. The van der Waals surface area contributed by atoms with Gasteiger partial charge in [0.25, 0.3) is 0 Å². The molecule has 0 unspecified atom stereocenters. The van der Waals surface area contributed by atoms with E-state index in [1.165, 1.54) is 5.69 Å². The van der Waals surface area contributed by atoms with Gasteiger partial charge in [0.2, 0.25) is 11.8 Å². The molecular formula is C20H30N4O2. The smallest absolute Gasteiger partial charge is 0.225 e. The Hall–Kier alpha value is -2.08. The summed E-state index contributed by atoms with van der Waals surface area (Å²) in [5.41, 5.74) is 1.25. The molecule has 0 radical (unpaired) electrons. The van der Waals surface area contributed by atoms with Crippen molar-refractivity contribution in [3.05, 3.63) is 30.3 Å². The molecule has 0 bridgehead atoms. The first-order valence-electron chi connectivity index (χ1n) is 9.56. The van der Waals surface area contributed by atoms with Crippen LogP contribution < -0.4 is 10.2 Å². The molecule has 2 aliphatic rings. The average Bonchev–Trinajstić information content (AvgIpc) is 3.02. The SMILES string of the molecule is CN(C)CCN1C[C@H](C(=O)NC2CCN(c3ccccc3)CC2)CC1=O. The van der Waals surface area contributed by atoms with Gasteiger partial charge in [-0.1, -0.05) is 18.2 Å². The predicted molar refractivity (Wildman–Crippen MR) is 103 cm³/mol. The summed E-state index contributed by atoms with van der Waals surface area (Å²) < 4.78 is 0. The Kier molecular flexibility index (Phi) is 6.14. The number of likely N-dealkylation sites (tertiary alicyclic amines) is 1. The van der Waals surface area contributed by atoms with Gasteiger partial charge in [0.05, 0.1) is 5.92 Å². The number of hydrogen-bond acceptors (Lipinski definition) is 4. The van der Waals surface area contributed by atoms with E-state index >= 15 is 0 Å². The number of amides is 2. The lowest BCUT2D eigenvalue weighted by Crippen LogP contribution is -2.46. The number of anilines is 1. The highest BCUT2D eigenvalue weighted by molar-refractivity contribution is 5.89.